The topological polar surface area (TPSA) is 56.7 Å². The molecule has 0 aliphatic heterocycles. The summed E-state index contributed by atoms with van der Waals surface area (Å²) >= 11 is 5.81. The van der Waals surface area contributed by atoms with E-state index in [9.17, 15) is 0 Å². The van der Waals surface area contributed by atoms with Gasteiger partial charge in [0.05, 0.1) is 0 Å². The summed E-state index contributed by atoms with van der Waals surface area (Å²) in [7, 11) is 0. The van der Waals surface area contributed by atoms with Crippen LogP contribution in [0.15, 0.2) is 30.6 Å². The number of nitrogens with two attached hydrogens (primary N) is 1. The van der Waals surface area contributed by atoms with Crippen molar-refractivity contribution in [2.75, 3.05) is 6.54 Å². The van der Waals surface area contributed by atoms with Gasteiger partial charge in [-0.25, -0.2) is 0 Å². The molecule has 0 aliphatic rings. The zero-order valence-corrected chi connectivity index (χ0v) is 8.85. The molecule has 0 spiro atoms. The molecule has 1 aromatic carbocycles. The van der Waals surface area contributed by atoms with Crippen molar-refractivity contribution >= 4 is 11.6 Å². The van der Waals surface area contributed by atoms with Crippen LogP contribution in [-0.4, -0.2) is 21.3 Å². The third-order valence-electron chi connectivity index (χ3n) is 2.09. The molecule has 0 fully saturated rings. The second-order valence-corrected chi connectivity index (χ2v) is 3.57. The SMILES string of the molecule is NCCc1nncn1-c1ccc(Cl)cc1. The van der Waals surface area contributed by atoms with Crippen molar-refractivity contribution in [1.82, 2.24) is 14.8 Å². The zero-order chi connectivity index (χ0) is 10.7. The second kappa shape index (κ2) is 4.42. The Hall–Kier alpha value is -1.39. The van der Waals surface area contributed by atoms with E-state index in [1.807, 2.05) is 28.8 Å². The fourth-order valence-corrected chi connectivity index (χ4v) is 1.50. The van der Waals surface area contributed by atoms with Gasteiger partial charge in [-0.1, -0.05) is 11.6 Å². The molecule has 1 heterocycles. The van der Waals surface area contributed by atoms with Gasteiger partial charge in [0.15, 0.2) is 0 Å². The molecule has 0 aliphatic carbocycles. The molecular weight excluding hydrogens is 212 g/mol. The molecule has 2 rings (SSSR count). The van der Waals surface area contributed by atoms with Gasteiger partial charge in [0.1, 0.15) is 12.2 Å². The predicted octanol–water partition coefficient (Wildman–Crippen LogP) is 1.42. The van der Waals surface area contributed by atoms with Gasteiger partial charge < -0.3 is 5.73 Å². The predicted molar refractivity (Wildman–Crippen MR) is 59.1 cm³/mol. The summed E-state index contributed by atoms with van der Waals surface area (Å²) < 4.78 is 1.91. The Morgan fingerprint density at radius 3 is 2.67 bits per heavy atom. The molecule has 0 saturated heterocycles. The fourth-order valence-electron chi connectivity index (χ4n) is 1.38. The van der Waals surface area contributed by atoms with Crippen LogP contribution in [0.3, 0.4) is 0 Å². The quantitative estimate of drug-likeness (QED) is 0.855. The maximum Gasteiger partial charge on any atom is 0.138 e. The van der Waals surface area contributed by atoms with Crippen molar-refractivity contribution < 1.29 is 0 Å². The van der Waals surface area contributed by atoms with E-state index >= 15 is 0 Å². The number of nitrogens with zero attached hydrogens (tertiary/aromatic N) is 3. The van der Waals surface area contributed by atoms with Crippen LogP contribution in [-0.2, 0) is 6.42 Å². The van der Waals surface area contributed by atoms with Crippen molar-refractivity contribution in [3.05, 3.63) is 41.4 Å². The van der Waals surface area contributed by atoms with Crippen LogP contribution in [0.4, 0.5) is 0 Å². The van der Waals surface area contributed by atoms with Gasteiger partial charge in [-0.2, -0.15) is 0 Å². The van der Waals surface area contributed by atoms with E-state index in [1.165, 1.54) is 0 Å². The molecule has 0 saturated carbocycles. The summed E-state index contributed by atoms with van der Waals surface area (Å²) in [6.07, 6.45) is 2.39. The highest BCUT2D eigenvalue weighted by Crippen LogP contribution is 2.14. The van der Waals surface area contributed by atoms with Crippen molar-refractivity contribution in [2.24, 2.45) is 5.73 Å². The van der Waals surface area contributed by atoms with Gasteiger partial charge in [0, 0.05) is 17.1 Å². The van der Waals surface area contributed by atoms with Crippen molar-refractivity contribution in [3.63, 3.8) is 0 Å². The van der Waals surface area contributed by atoms with E-state index in [0.717, 1.165) is 11.5 Å². The van der Waals surface area contributed by atoms with E-state index in [1.54, 1.807) is 6.33 Å². The molecule has 78 valence electrons. The Bertz CT molecular complexity index is 435. The Kier molecular flexibility index (Phi) is 2.99. The van der Waals surface area contributed by atoms with Crippen LogP contribution < -0.4 is 5.73 Å². The summed E-state index contributed by atoms with van der Waals surface area (Å²) in [6.45, 7) is 0.562. The normalized spacial score (nSPS) is 10.5. The van der Waals surface area contributed by atoms with Gasteiger partial charge >= 0.3 is 0 Å². The Morgan fingerprint density at radius 2 is 2.00 bits per heavy atom. The first-order chi connectivity index (χ1) is 7.31. The molecule has 5 heteroatoms. The monoisotopic (exact) mass is 222 g/mol. The highest BCUT2D eigenvalue weighted by Gasteiger charge is 2.04. The third kappa shape index (κ3) is 2.16. The van der Waals surface area contributed by atoms with Crippen LogP contribution in [0.5, 0.6) is 0 Å². The van der Waals surface area contributed by atoms with Gasteiger partial charge in [-0.05, 0) is 30.8 Å². The highest BCUT2D eigenvalue weighted by atomic mass is 35.5. The minimum absolute atomic E-state index is 0.562. The van der Waals surface area contributed by atoms with E-state index in [-0.39, 0.29) is 0 Å². The molecule has 1 aromatic heterocycles. The van der Waals surface area contributed by atoms with E-state index in [0.29, 0.717) is 18.0 Å². The highest BCUT2D eigenvalue weighted by molar-refractivity contribution is 6.30. The molecular formula is C10H11ClN4. The minimum Gasteiger partial charge on any atom is -0.330 e. The summed E-state index contributed by atoms with van der Waals surface area (Å²) in [5.74, 6) is 0.861. The first-order valence-corrected chi connectivity index (χ1v) is 5.04. The first kappa shape index (κ1) is 10.1. The van der Waals surface area contributed by atoms with Crippen LogP contribution in [0.1, 0.15) is 5.82 Å². The lowest BCUT2D eigenvalue weighted by atomic mass is 10.3. The van der Waals surface area contributed by atoms with Crippen molar-refractivity contribution in [3.8, 4) is 5.69 Å². The molecule has 0 bridgehead atoms. The lowest BCUT2D eigenvalue weighted by Crippen LogP contribution is -2.08. The molecule has 0 radical (unpaired) electrons. The molecule has 15 heavy (non-hydrogen) atoms. The van der Waals surface area contributed by atoms with Crippen LogP contribution in [0.25, 0.3) is 5.69 Å². The largest absolute Gasteiger partial charge is 0.330 e. The number of benzene rings is 1. The van der Waals surface area contributed by atoms with Crippen LogP contribution >= 0.6 is 11.6 Å². The average molecular weight is 223 g/mol. The lowest BCUT2D eigenvalue weighted by Gasteiger charge is -2.05. The van der Waals surface area contributed by atoms with E-state index < -0.39 is 0 Å². The molecule has 0 unspecified atom stereocenters. The Labute approximate surface area is 92.7 Å². The average Bonchev–Trinajstić information content (AvgIpc) is 2.68. The van der Waals surface area contributed by atoms with Crippen LogP contribution in [0, 0.1) is 0 Å². The van der Waals surface area contributed by atoms with E-state index in [4.69, 9.17) is 17.3 Å². The standard InChI is InChI=1S/C10H11ClN4/c11-8-1-3-9(4-2-8)15-7-13-14-10(15)5-6-12/h1-4,7H,5-6,12H2. The second-order valence-electron chi connectivity index (χ2n) is 3.13. The smallest absolute Gasteiger partial charge is 0.138 e. The van der Waals surface area contributed by atoms with Crippen molar-refractivity contribution in [1.29, 1.82) is 0 Å². The van der Waals surface area contributed by atoms with Gasteiger partial charge in [0.25, 0.3) is 0 Å². The molecule has 2 aromatic rings. The van der Waals surface area contributed by atoms with Crippen molar-refractivity contribution in [2.45, 2.75) is 6.42 Å². The molecule has 4 nitrogen and oxygen atoms in total. The number of halogens is 1. The zero-order valence-electron chi connectivity index (χ0n) is 8.10. The van der Waals surface area contributed by atoms with Crippen LogP contribution in [0.2, 0.25) is 5.02 Å². The van der Waals surface area contributed by atoms with Gasteiger partial charge in [-0.3, -0.25) is 4.57 Å². The number of aromatic nitrogens is 3. The Morgan fingerprint density at radius 1 is 1.27 bits per heavy atom. The first-order valence-electron chi connectivity index (χ1n) is 4.66. The summed E-state index contributed by atoms with van der Waals surface area (Å²) in [5, 5.41) is 8.58. The molecule has 2 N–H and O–H groups in total. The van der Waals surface area contributed by atoms with Gasteiger partial charge in [0.2, 0.25) is 0 Å². The molecule has 0 amide bonds. The van der Waals surface area contributed by atoms with E-state index in [2.05, 4.69) is 10.2 Å². The fraction of sp³-hybridized carbons (Fsp3) is 0.200. The summed E-state index contributed by atoms with van der Waals surface area (Å²) in [5.41, 5.74) is 6.48. The molecule has 0 atom stereocenters. The summed E-state index contributed by atoms with van der Waals surface area (Å²) in [4.78, 5) is 0. The Balaban J connectivity index is 2.36. The number of hydrogen-bond acceptors (Lipinski definition) is 3. The number of rotatable bonds is 3. The third-order valence-corrected chi connectivity index (χ3v) is 2.34. The maximum atomic E-state index is 5.81. The maximum absolute atomic E-state index is 5.81. The summed E-state index contributed by atoms with van der Waals surface area (Å²) in [6, 6.07) is 7.52. The number of hydrogen-bond donors (Lipinski definition) is 1. The minimum atomic E-state index is 0.562. The lowest BCUT2D eigenvalue weighted by molar-refractivity contribution is 0.830. The van der Waals surface area contributed by atoms with Gasteiger partial charge in [-0.15, -0.1) is 10.2 Å².